The molecule has 2 aliphatic rings. The van der Waals surface area contributed by atoms with Gasteiger partial charge in [0.1, 0.15) is 11.0 Å². The second-order valence-corrected chi connectivity index (χ2v) is 14.6. The molecule has 1 saturated carbocycles. The molecule has 0 spiro atoms. The molecule has 3 aromatic heterocycles. The topological polar surface area (TPSA) is 139 Å². The summed E-state index contributed by atoms with van der Waals surface area (Å²) in [7, 11) is -2.13. The van der Waals surface area contributed by atoms with Gasteiger partial charge in [0.15, 0.2) is 5.69 Å². The van der Waals surface area contributed by atoms with Gasteiger partial charge < -0.3 is 10.2 Å². The van der Waals surface area contributed by atoms with E-state index in [4.69, 9.17) is 16.6 Å². The number of aryl methyl sites for hydroxylation is 2. The highest BCUT2D eigenvalue weighted by Gasteiger charge is 2.45. The van der Waals surface area contributed by atoms with Crippen LogP contribution in [0.1, 0.15) is 64.6 Å². The Morgan fingerprint density at radius 3 is 2.63 bits per heavy atom. The summed E-state index contributed by atoms with van der Waals surface area (Å²) in [5.41, 5.74) is 3.45. The molecule has 46 heavy (non-hydrogen) atoms. The molecule has 1 aliphatic heterocycles. The predicted molar refractivity (Wildman–Crippen MR) is 175 cm³/mol. The van der Waals surface area contributed by atoms with Gasteiger partial charge in [-0.1, -0.05) is 17.7 Å². The standard InChI is InChI=1S/C32H35ClFN7O4S/c1-16-10-21(18(3)36-26-8-9-27(33)37-29(26)30(42)39-46(5,44)45)28-23(11-16)31(43)40(4)32(38-28)41-14-19-6-7-20(24(19)15-41)22-12-17(2)35-13-25(22)34/h8-13,18-20,24,36H,6-7,14-15H2,1-5H3,(H,39,42)/t18-,19-,20+,24-/m1/s1. The van der Waals surface area contributed by atoms with Crippen molar-refractivity contribution < 1.29 is 17.6 Å². The Morgan fingerprint density at radius 2 is 1.89 bits per heavy atom. The zero-order chi connectivity index (χ0) is 33.1. The van der Waals surface area contributed by atoms with E-state index in [0.717, 1.165) is 30.4 Å². The second kappa shape index (κ2) is 11.9. The Hall–Kier alpha value is -4.10. The monoisotopic (exact) mass is 667 g/mol. The lowest BCUT2D eigenvalue weighted by molar-refractivity contribution is 0.0977. The molecule has 4 atom stereocenters. The average molecular weight is 668 g/mol. The van der Waals surface area contributed by atoms with Gasteiger partial charge in [-0.2, -0.15) is 0 Å². The highest BCUT2D eigenvalue weighted by molar-refractivity contribution is 7.89. The van der Waals surface area contributed by atoms with Crippen LogP contribution in [0.3, 0.4) is 0 Å². The van der Waals surface area contributed by atoms with E-state index in [9.17, 15) is 22.4 Å². The fourth-order valence-corrected chi connectivity index (χ4v) is 7.65. The first-order valence-corrected chi connectivity index (χ1v) is 17.3. The van der Waals surface area contributed by atoms with Gasteiger partial charge in [-0.15, -0.1) is 0 Å². The van der Waals surface area contributed by atoms with Crippen molar-refractivity contribution >= 4 is 50.1 Å². The van der Waals surface area contributed by atoms with Crippen molar-refractivity contribution in [3.8, 4) is 0 Å². The highest BCUT2D eigenvalue weighted by Crippen LogP contribution is 2.48. The summed E-state index contributed by atoms with van der Waals surface area (Å²) >= 11 is 6.05. The van der Waals surface area contributed by atoms with Crippen LogP contribution < -0.4 is 20.5 Å². The number of nitrogens with one attached hydrogen (secondary N) is 2. The normalized spacial score (nSPS) is 20.2. The molecule has 11 nitrogen and oxygen atoms in total. The third-order valence-electron chi connectivity index (χ3n) is 9.08. The number of aromatic nitrogens is 4. The van der Waals surface area contributed by atoms with Crippen LogP contribution in [0.25, 0.3) is 10.9 Å². The van der Waals surface area contributed by atoms with Crippen molar-refractivity contribution in [3.63, 3.8) is 0 Å². The molecule has 2 N–H and O–H groups in total. The minimum atomic E-state index is -3.85. The second-order valence-electron chi connectivity index (χ2n) is 12.5. The van der Waals surface area contributed by atoms with E-state index in [-0.39, 0.29) is 39.7 Å². The van der Waals surface area contributed by atoms with Gasteiger partial charge in [0.2, 0.25) is 16.0 Å². The van der Waals surface area contributed by atoms with Gasteiger partial charge in [-0.25, -0.2) is 27.5 Å². The lowest BCUT2D eigenvalue weighted by Crippen LogP contribution is -2.32. The number of nitrogens with zero attached hydrogens (tertiary/aromatic N) is 5. The molecule has 0 bridgehead atoms. The number of pyridine rings is 2. The zero-order valence-electron chi connectivity index (χ0n) is 26.1. The Morgan fingerprint density at radius 1 is 1.13 bits per heavy atom. The maximum atomic E-state index is 14.9. The van der Waals surface area contributed by atoms with Crippen LogP contribution in [0.4, 0.5) is 16.0 Å². The molecule has 6 rings (SSSR count). The maximum absolute atomic E-state index is 14.9. The number of carbonyl (C=O) groups excluding carboxylic acids is 1. The largest absolute Gasteiger partial charge is 0.377 e. The van der Waals surface area contributed by atoms with Crippen LogP contribution in [0.2, 0.25) is 5.15 Å². The summed E-state index contributed by atoms with van der Waals surface area (Å²) in [6, 6.07) is 8.14. The van der Waals surface area contributed by atoms with Crippen molar-refractivity contribution in [2.75, 3.05) is 29.6 Å². The number of hydrogen-bond donors (Lipinski definition) is 2. The molecule has 242 valence electrons. The number of rotatable bonds is 7. The van der Waals surface area contributed by atoms with Gasteiger partial charge in [-0.05, 0) is 86.8 Å². The van der Waals surface area contributed by atoms with Crippen LogP contribution in [0, 0.1) is 31.5 Å². The Balaban J connectivity index is 1.35. The molecule has 1 aromatic carbocycles. The number of sulfonamides is 1. The smallest absolute Gasteiger partial charge is 0.285 e. The summed E-state index contributed by atoms with van der Waals surface area (Å²) in [4.78, 5) is 42.0. The third kappa shape index (κ3) is 6.05. The first-order chi connectivity index (χ1) is 21.7. The van der Waals surface area contributed by atoms with Crippen molar-refractivity contribution in [2.24, 2.45) is 18.9 Å². The first-order valence-electron chi connectivity index (χ1n) is 15.0. The van der Waals surface area contributed by atoms with E-state index in [1.54, 1.807) is 17.7 Å². The van der Waals surface area contributed by atoms with Crippen LogP contribution >= 0.6 is 11.6 Å². The Bertz CT molecular complexity index is 2050. The lowest BCUT2D eigenvalue weighted by atomic mass is 9.87. The van der Waals surface area contributed by atoms with E-state index < -0.39 is 22.0 Å². The van der Waals surface area contributed by atoms with Crippen LogP contribution in [0.5, 0.6) is 0 Å². The van der Waals surface area contributed by atoms with E-state index in [0.29, 0.717) is 47.0 Å². The number of anilines is 2. The van der Waals surface area contributed by atoms with Crippen LogP contribution in [-0.2, 0) is 17.1 Å². The number of halogens is 2. The average Bonchev–Trinajstić information content (AvgIpc) is 3.57. The molecule has 0 radical (unpaired) electrons. The fraction of sp³-hybridized carbons (Fsp3) is 0.406. The van der Waals surface area contributed by atoms with Crippen molar-refractivity contribution in [2.45, 2.75) is 45.6 Å². The van der Waals surface area contributed by atoms with Gasteiger partial charge >= 0.3 is 0 Å². The van der Waals surface area contributed by atoms with Gasteiger partial charge in [-0.3, -0.25) is 19.1 Å². The molecule has 1 saturated heterocycles. The Labute approximate surface area is 271 Å². The molecule has 0 unspecified atom stereocenters. The predicted octanol–water partition coefficient (Wildman–Crippen LogP) is 4.63. The summed E-state index contributed by atoms with van der Waals surface area (Å²) in [6.45, 7) is 6.97. The number of fused-ring (bicyclic) bond motifs is 2. The highest BCUT2D eigenvalue weighted by atomic mass is 35.5. The minimum absolute atomic E-state index is 0.0205. The summed E-state index contributed by atoms with van der Waals surface area (Å²) < 4.78 is 41.9. The summed E-state index contributed by atoms with van der Waals surface area (Å²) in [5, 5.41) is 3.72. The number of benzene rings is 1. The SMILES string of the molecule is Cc1cc([C@@H](C)Nc2ccc(Cl)nc2C(=O)NS(C)(=O)=O)c2nc(N3C[C@H]4CC[C@@H](c5cc(C)ncc5F)[C@@H]4C3)n(C)c(=O)c2c1. The molecule has 1 aliphatic carbocycles. The lowest BCUT2D eigenvalue weighted by Gasteiger charge is -2.25. The molecular weight excluding hydrogens is 633 g/mol. The number of carbonyl (C=O) groups is 1. The van der Waals surface area contributed by atoms with Crippen molar-refractivity contribution in [1.29, 1.82) is 0 Å². The zero-order valence-corrected chi connectivity index (χ0v) is 27.7. The maximum Gasteiger partial charge on any atom is 0.285 e. The first kappa shape index (κ1) is 31.9. The molecule has 4 aromatic rings. The van der Waals surface area contributed by atoms with Gasteiger partial charge in [0.05, 0.1) is 35.1 Å². The molecular formula is C32H35ClFN7O4S. The molecule has 14 heteroatoms. The van der Waals surface area contributed by atoms with Gasteiger partial charge in [0, 0.05) is 31.4 Å². The van der Waals surface area contributed by atoms with E-state index in [2.05, 4.69) is 20.2 Å². The summed E-state index contributed by atoms with van der Waals surface area (Å²) in [5.74, 6) is -0.0363. The molecule has 2 fully saturated rings. The van der Waals surface area contributed by atoms with Crippen molar-refractivity contribution in [1.82, 2.24) is 24.2 Å². The van der Waals surface area contributed by atoms with Crippen molar-refractivity contribution in [3.05, 3.63) is 85.9 Å². The van der Waals surface area contributed by atoms with Crippen LogP contribution in [0.15, 0.2) is 41.3 Å². The molecule has 1 amide bonds. The number of amides is 1. The van der Waals surface area contributed by atoms with E-state index in [1.807, 2.05) is 43.7 Å². The number of hydrogen-bond acceptors (Lipinski definition) is 9. The van der Waals surface area contributed by atoms with E-state index in [1.165, 1.54) is 12.3 Å². The quantitative estimate of drug-likeness (QED) is 0.270. The minimum Gasteiger partial charge on any atom is -0.377 e. The molecule has 4 heterocycles. The van der Waals surface area contributed by atoms with Gasteiger partial charge in [0.25, 0.3) is 11.5 Å². The summed E-state index contributed by atoms with van der Waals surface area (Å²) in [6.07, 6.45) is 4.05. The van der Waals surface area contributed by atoms with Crippen LogP contribution in [-0.4, -0.2) is 53.2 Å². The van der Waals surface area contributed by atoms with E-state index >= 15 is 0 Å². The Kier molecular flexibility index (Phi) is 8.26. The fourth-order valence-electron chi connectivity index (χ4n) is 7.07. The third-order valence-corrected chi connectivity index (χ3v) is 9.85.